The van der Waals surface area contributed by atoms with Crippen molar-refractivity contribution in [1.82, 2.24) is 9.78 Å². The minimum atomic E-state index is 0.595. The van der Waals surface area contributed by atoms with Crippen LogP contribution in [0.3, 0.4) is 0 Å². The number of aryl methyl sites for hydroxylation is 1. The van der Waals surface area contributed by atoms with Crippen molar-refractivity contribution in [3.05, 3.63) is 18.0 Å². The molecule has 1 aromatic rings. The van der Waals surface area contributed by atoms with Crippen molar-refractivity contribution in [3.8, 4) is 0 Å². The van der Waals surface area contributed by atoms with Gasteiger partial charge in [0.15, 0.2) is 0 Å². The van der Waals surface area contributed by atoms with Crippen LogP contribution >= 0.6 is 12.6 Å². The van der Waals surface area contributed by atoms with Crippen molar-refractivity contribution in [3.63, 3.8) is 0 Å². The number of nitrogens with zero attached hydrogens (tertiary/aromatic N) is 2. The van der Waals surface area contributed by atoms with Crippen LogP contribution in [0, 0.1) is 12.8 Å². The standard InChI is InChI=1S/C8H14N2S/c1-7(6-11)5-10-4-3-8(2)9-10/h3-4,7,11H,5-6H2,1-2H3. The van der Waals surface area contributed by atoms with E-state index in [2.05, 4.69) is 24.7 Å². The second-order valence-electron chi connectivity index (χ2n) is 2.97. The Balaban J connectivity index is 2.50. The first-order chi connectivity index (χ1) is 5.22. The van der Waals surface area contributed by atoms with Gasteiger partial charge < -0.3 is 0 Å². The van der Waals surface area contributed by atoms with Crippen molar-refractivity contribution in [1.29, 1.82) is 0 Å². The predicted molar refractivity (Wildman–Crippen MR) is 50.0 cm³/mol. The summed E-state index contributed by atoms with van der Waals surface area (Å²) >= 11 is 4.21. The highest BCUT2D eigenvalue weighted by atomic mass is 32.1. The maximum absolute atomic E-state index is 4.28. The summed E-state index contributed by atoms with van der Waals surface area (Å²) in [5, 5.41) is 4.28. The molecule has 0 saturated heterocycles. The van der Waals surface area contributed by atoms with Gasteiger partial charge in [0.2, 0.25) is 0 Å². The molecule has 0 bridgehead atoms. The molecule has 11 heavy (non-hydrogen) atoms. The van der Waals surface area contributed by atoms with Crippen LogP contribution in [0.15, 0.2) is 12.3 Å². The second-order valence-corrected chi connectivity index (χ2v) is 3.33. The Morgan fingerprint density at radius 3 is 2.91 bits per heavy atom. The molecule has 0 N–H and O–H groups in total. The Labute approximate surface area is 73.0 Å². The summed E-state index contributed by atoms with van der Waals surface area (Å²) in [6.45, 7) is 5.14. The lowest BCUT2D eigenvalue weighted by Crippen LogP contribution is -2.09. The van der Waals surface area contributed by atoms with E-state index in [0.29, 0.717) is 5.92 Å². The molecular weight excluding hydrogens is 156 g/mol. The zero-order valence-corrected chi connectivity index (χ0v) is 7.88. The van der Waals surface area contributed by atoms with Crippen LogP contribution in [0.5, 0.6) is 0 Å². The summed E-state index contributed by atoms with van der Waals surface area (Å²) in [6, 6.07) is 2.02. The quantitative estimate of drug-likeness (QED) is 0.684. The van der Waals surface area contributed by atoms with E-state index in [4.69, 9.17) is 0 Å². The fourth-order valence-corrected chi connectivity index (χ4v) is 1.06. The monoisotopic (exact) mass is 170 g/mol. The summed E-state index contributed by atoms with van der Waals surface area (Å²) in [6.07, 6.45) is 2.01. The highest BCUT2D eigenvalue weighted by molar-refractivity contribution is 7.80. The zero-order valence-electron chi connectivity index (χ0n) is 6.99. The molecule has 1 unspecified atom stereocenters. The van der Waals surface area contributed by atoms with Crippen LogP contribution in [-0.4, -0.2) is 15.5 Å². The molecule has 0 aliphatic carbocycles. The molecule has 3 heteroatoms. The maximum Gasteiger partial charge on any atom is 0.0593 e. The molecule has 0 aliphatic rings. The highest BCUT2D eigenvalue weighted by Crippen LogP contribution is 2.02. The molecule has 0 radical (unpaired) electrons. The minimum absolute atomic E-state index is 0.595. The first-order valence-electron chi connectivity index (χ1n) is 3.83. The van der Waals surface area contributed by atoms with Gasteiger partial charge in [-0.1, -0.05) is 6.92 Å². The Hall–Kier alpha value is -0.440. The maximum atomic E-state index is 4.28. The lowest BCUT2D eigenvalue weighted by molar-refractivity contribution is 0.488. The third kappa shape index (κ3) is 2.58. The van der Waals surface area contributed by atoms with Crippen LogP contribution < -0.4 is 0 Å². The average Bonchev–Trinajstić information content (AvgIpc) is 2.35. The largest absolute Gasteiger partial charge is 0.272 e. The molecule has 0 amide bonds. The third-order valence-electron chi connectivity index (χ3n) is 1.58. The zero-order chi connectivity index (χ0) is 8.27. The molecule has 1 atom stereocenters. The molecule has 2 nitrogen and oxygen atoms in total. The van der Waals surface area contributed by atoms with E-state index in [1.807, 2.05) is 23.9 Å². The second kappa shape index (κ2) is 3.81. The van der Waals surface area contributed by atoms with Crippen molar-refractivity contribution in [2.24, 2.45) is 5.92 Å². The van der Waals surface area contributed by atoms with Gasteiger partial charge in [-0.25, -0.2) is 0 Å². The Morgan fingerprint density at radius 2 is 2.45 bits per heavy atom. The van der Waals surface area contributed by atoms with Gasteiger partial charge in [0.1, 0.15) is 0 Å². The number of rotatable bonds is 3. The number of hydrogen-bond donors (Lipinski definition) is 1. The third-order valence-corrected chi connectivity index (χ3v) is 2.21. The van der Waals surface area contributed by atoms with E-state index in [9.17, 15) is 0 Å². The number of hydrogen-bond acceptors (Lipinski definition) is 2. The SMILES string of the molecule is Cc1ccn(CC(C)CS)n1. The molecule has 1 aromatic heterocycles. The summed E-state index contributed by atoms with van der Waals surface area (Å²) < 4.78 is 1.97. The summed E-state index contributed by atoms with van der Waals surface area (Å²) in [5.74, 6) is 1.51. The lowest BCUT2D eigenvalue weighted by Gasteiger charge is -2.06. The Morgan fingerprint density at radius 1 is 1.73 bits per heavy atom. The van der Waals surface area contributed by atoms with E-state index >= 15 is 0 Å². The van der Waals surface area contributed by atoms with Crippen LogP contribution in [0.1, 0.15) is 12.6 Å². The van der Waals surface area contributed by atoms with Gasteiger partial charge in [-0.3, -0.25) is 4.68 Å². The fraction of sp³-hybridized carbons (Fsp3) is 0.625. The van der Waals surface area contributed by atoms with E-state index in [1.54, 1.807) is 0 Å². The Bertz CT molecular complexity index is 220. The molecular formula is C8H14N2S. The molecule has 0 saturated carbocycles. The molecule has 0 fully saturated rings. The first-order valence-corrected chi connectivity index (χ1v) is 4.46. The first kappa shape index (κ1) is 8.65. The van der Waals surface area contributed by atoms with E-state index < -0.39 is 0 Å². The van der Waals surface area contributed by atoms with Gasteiger partial charge >= 0.3 is 0 Å². The summed E-state index contributed by atoms with van der Waals surface area (Å²) in [4.78, 5) is 0. The van der Waals surface area contributed by atoms with Crippen molar-refractivity contribution in [2.45, 2.75) is 20.4 Å². The topological polar surface area (TPSA) is 17.8 Å². The van der Waals surface area contributed by atoms with Crippen LogP contribution in [-0.2, 0) is 6.54 Å². The molecule has 0 aliphatic heterocycles. The van der Waals surface area contributed by atoms with Gasteiger partial charge in [-0.05, 0) is 24.7 Å². The molecule has 1 rings (SSSR count). The van der Waals surface area contributed by atoms with E-state index in [1.165, 1.54) is 0 Å². The smallest absolute Gasteiger partial charge is 0.0593 e. The minimum Gasteiger partial charge on any atom is -0.272 e. The van der Waals surface area contributed by atoms with Gasteiger partial charge in [-0.15, -0.1) is 0 Å². The highest BCUT2D eigenvalue weighted by Gasteiger charge is 2.00. The normalized spacial score (nSPS) is 13.4. The fourth-order valence-electron chi connectivity index (χ4n) is 0.942. The van der Waals surface area contributed by atoms with E-state index in [0.717, 1.165) is 18.0 Å². The lowest BCUT2D eigenvalue weighted by atomic mass is 10.2. The molecule has 1 heterocycles. The number of aromatic nitrogens is 2. The van der Waals surface area contributed by atoms with Crippen molar-refractivity contribution < 1.29 is 0 Å². The average molecular weight is 170 g/mol. The summed E-state index contributed by atoms with van der Waals surface area (Å²) in [5.41, 5.74) is 1.08. The van der Waals surface area contributed by atoms with Gasteiger partial charge in [-0.2, -0.15) is 17.7 Å². The van der Waals surface area contributed by atoms with Crippen molar-refractivity contribution >= 4 is 12.6 Å². The van der Waals surface area contributed by atoms with Crippen LogP contribution in [0.4, 0.5) is 0 Å². The molecule has 0 spiro atoms. The Kier molecular flexibility index (Phi) is 3.00. The van der Waals surface area contributed by atoms with Gasteiger partial charge in [0.05, 0.1) is 5.69 Å². The summed E-state index contributed by atoms with van der Waals surface area (Å²) in [7, 11) is 0. The van der Waals surface area contributed by atoms with Crippen LogP contribution in [0.2, 0.25) is 0 Å². The molecule has 62 valence electrons. The van der Waals surface area contributed by atoms with Gasteiger partial charge in [0, 0.05) is 12.7 Å². The van der Waals surface area contributed by atoms with Crippen LogP contribution in [0.25, 0.3) is 0 Å². The van der Waals surface area contributed by atoms with Crippen molar-refractivity contribution in [2.75, 3.05) is 5.75 Å². The molecule has 0 aromatic carbocycles. The predicted octanol–water partition coefficient (Wildman–Crippen LogP) is 1.76. The van der Waals surface area contributed by atoms with E-state index in [-0.39, 0.29) is 0 Å². The van der Waals surface area contributed by atoms with Gasteiger partial charge in [0.25, 0.3) is 0 Å². The number of thiol groups is 1.